The van der Waals surface area contributed by atoms with Crippen molar-refractivity contribution in [3.05, 3.63) is 42.2 Å². The molecule has 2 heterocycles. The number of piperidine rings is 1. The maximum absolute atomic E-state index is 12.5. The van der Waals surface area contributed by atoms with Gasteiger partial charge in [0.05, 0.1) is 12.7 Å². The summed E-state index contributed by atoms with van der Waals surface area (Å²) in [5.74, 6) is 0.621. The second-order valence-corrected chi connectivity index (χ2v) is 9.10. The quantitative estimate of drug-likeness (QED) is 0.590. The molecule has 3 aromatic rings. The highest BCUT2D eigenvalue weighted by Gasteiger charge is 2.31. The van der Waals surface area contributed by atoms with Gasteiger partial charge in [0.25, 0.3) is 0 Å². The van der Waals surface area contributed by atoms with Crippen molar-refractivity contribution in [3.8, 4) is 5.75 Å². The number of fused-ring (bicyclic) bond motifs is 3. The van der Waals surface area contributed by atoms with Crippen LogP contribution >= 0.6 is 0 Å². The first-order valence-corrected chi connectivity index (χ1v) is 11.6. The number of nitrogens with zero attached hydrogens (tertiary/aromatic N) is 1. The number of ketones is 2. The summed E-state index contributed by atoms with van der Waals surface area (Å²) >= 11 is 0. The van der Waals surface area contributed by atoms with Crippen LogP contribution in [0.5, 0.6) is 5.75 Å². The molecule has 0 amide bonds. The average Bonchev–Trinajstić information content (AvgIpc) is 3.24. The van der Waals surface area contributed by atoms with Crippen LogP contribution in [0.15, 0.2) is 41.0 Å². The van der Waals surface area contributed by atoms with Crippen molar-refractivity contribution < 1.29 is 18.7 Å². The van der Waals surface area contributed by atoms with E-state index >= 15 is 0 Å². The zero-order valence-corrected chi connectivity index (χ0v) is 18.6. The molecule has 1 saturated carbocycles. The predicted octanol–water partition coefficient (Wildman–Crippen LogP) is 4.05. The molecule has 1 aromatic heterocycles. The lowest BCUT2D eigenvalue weighted by atomic mass is 9.81. The third-order valence-corrected chi connectivity index (χ3v) is 7.05. The average molecular weight is 435 g/mol. The monoisotopic (exact) mass is 434 g/mol. The van der Waals surface area contributed by atoms with Crippen LogP contribution in [0.3, 0.4) is 0 Å². The van der Waals surface area contributed by atoms with Gasteiger partial charge in [-0.1, -0.05) is 6.07 Å². The fourth-order valence-corrected chi connectivity index (χ4v) is 5.15. The first-order chi connectivity index (χ1) is 15.6. The van der Waals surface area contributed by atoms with Gasteiger partial charge in [-0.25, -0.2) is 0 Å². The Hall–Kier alpha value is -2.70. The Morgan fingerprint density at radius 1 is 1.12 bits per heavy atom. The molecule has 0 radical (unpaired) electrons. The third-order valence-electron chi connectivity index (χ3n) is 7.05. The number of likely N-dealkylation sites (N-methyl/N-ethyl adjacent to an activating group) is 1. The van der Waals surface area contributed by atoms with E-state index < -0.39 is 0 Å². The molecule has 1 aliphatic heterocycles. The lowest BCUT2D eigenvalue weighted by Crippen LogP contribution is -2.42. The van der Waals surface area contributed by atoms with Crippen LogP contribution in [-0.2, 0) is 9.59 Å². The molecule has 0 spiro atoms. The van der Waals surface area contributed by atoms with Gasteiger partial charge in [-0.2, -0.15) is 0 Å². The van der Waals surface area contributed by atoms with Crippen LogP contribution in [0.1, 0.15) is 43.6 Å². The number of furan rings is 1. The van der Waals surface area contributed by atoms with Crippen LogP contribution in [0.25, 0.3) is 21.7 Å². The van der Waals surface area contributed by atoms with Crippen LogP contribution in [0.4, 0.5) is 0 Å². The minimum atomic E-state index is -0.263. The number of benzene rings is 2. The van der Waals surface area contributed by atoms with Crippen LogP contribution < -0.4 is 10.1 Å². The van der Waals surface area contributed by atoms with Crippen molar-refractivity contribution in [2.24, 2.45) is 0 Å². The van der Waals surface area contributed by atoms with E-state index in [4.69, 9.17) is 9.15 Å². The molecule has 6 nitrogen and oxygen atoms in total. The maximum Gasteiger partial charge on any atom is 0.147 e. The van der Waals surface area contributed by atoms with Gasteiger partial charge in [0.1, 0.15) is 29.5 Å². The molecule has 5 rings (SSSR count). The second kappa shape index (κ2) is 9.04. The molecule has 6 heteroatoms. The summed E-state index contributed by atoms with van der Waals surface area (Å²) in [6, 6.07) is 10.7. The molecule has 1 aliphatic carbocycles. The first kappa shape index (κ1) is 21.2. The lowest BCUT2D eigenvalue weighted by Gasteiger charge is -2.31. The van der Waals surface area contributed by atoms with Crippen molar-refractivity contribution in [1.29, 1.82) is 0 Å². The Labute approximate surface area is 187 Å². The number of carbonyl (C=O) groups excluding carboxylic acids is 2. The molecule has 1 saturated heterocycles. The van der Waals surface area contributed by atoms with Gasteiger partial charge in [-0.15, -0.1) is 0 Å². The molecule has 2 aromatic carbocycles. The summed E-state index contributed by atoms with van der Waals surface area (Å²) < 4.78 is 11.9. The first-order valence-electron chi connectivity index (χ1n) is 11.6. The molecular weight excluding hydrogens is 404 g/mol. The lowest BCUT2D eigenvalue weighted by molar-refractivity contribution is -0.130. The van der Waals surface area contributed by atoms with Crippen LogP contribution in [0, 0.1) is 0 Å². The maximum atomic E-state index is 12.5. The Morgan fingerprint density at radius 2 is 1.97 bits per heavy atom. The van der Waals surface area contributed by atoms with Gasteiger partial charge < -0.3 is 14.5 Å². The number of hydrogen-bond donors (Lipinski definition) is 1. The van der Waals surface area contributed by atoms with E-state index in [1.165, 1.54) is 12.8 Å². The fourth-order valence-electron chi connectivity index (χ4n) is 5.15. The van der Waals surface area contributed by atoms with E-state index in [1.54, 1.807) is 6.26 Å². The van der Waals surface area contributed by atoms with Crippen molar-refractivity contribution >= 4 is 33.3 Å². The molecule has 168 valence electrons. The standard InChI is InChI=1S/C26H30N2O4/c1-28(18-8-10-27-11-9-18)12-13-31-20-4-6-21-17(14-20)2-7-25-26(21)23(16-32-25)22-5-3-19(29)15-24(22)30/h2,4,6-7,14,16,18,22,27H,3,5,8-13,15H2,1H3/t22-/m0/s1. The third kappa shape index (κ3) is 4.17. The summed E-state index contributed by atoms with van der Waals surface area (Å²) in [5, 5.41) is 6.50. The molecule has 0 bridgehead atoms. The SMILES string of the molecule is CN(CCOc1ccc2c(ccc3occ([C@@H]4CCC(=O)CC4=O)c32)c1)C1CCNCC1. The smallest absolute Gasteiger partial charge is 0.147 e. The Kier molecular flexibility index (Phi) is 5.98. The Bertz CT molecular complexity index is 1150. The zero-order valence-electron chi connectivity index (χ0n) is 18.6. The van der Waals surface area contributed by atoms with Gasteiger partial charge in [-0.3, -0.25) is 14.5 Å². The van der Waals surface area contributed by atoms with Crippen molar-refractivity contribution in [1.82, 2.24) is 10.2 Å². The van der Waals surface area contributed by atoms with Gasteiger partial charge in [0.2, 0.25) is 0 Å². The van der Waals surface area contributed by atoms with E-state index in [-0.39, 0.29) is 23.9 Å². The summed E-state index contributed by atoms with van der Waals surface area (Å²) in [6.07, 6.45) is 5.13. The molecule has 32 heavy (non-hydrogen) atoms. The largest absolute Gasteiger partial charge is 0.492 e. The highest BCUT2D eigenvalue weighted by atomic mass is 16.5. The van der Waals surface area contributed by atoms with E-state index in [9.17, 15) is 9.59 Å². The van der Waals surface area contributed by atoms with Crippen molar-refractivity contribution in [2.45, 2.75) is 44.1 Å². The molecular formula is C26H30N2O4. The van der Waals surface area contributed by atoms with E-state index in [0.717, 1.165) is 52.7 Å². The van der Waals surface area contributed by atoms with Gasteiger partial charge in [-0.05, 0) is 74.4 Å². The highest BCUT2D eigenvalue weighted by molar-refractivity contribution is 6.11. The van der Waals surface area contributed by atoms with Crippen LogP contribution in [0.2, 0.25) is 0 Å². The van der Waals surface area contributed by atoms with Gasteiger partial charge in [0, 0.05) is 35.9 Å². The topological polar surface area (TPSA) is 71.8 Å². The Balaban J connectivity index is 1.34. The van der Waals surface area contributed by atoms with Gasteiger partial charge >= 0.3 is 0 Å². The minimum Gasteiger partial charge on any atom is -0.492 e. The van der Waals surface area contributed by atoms with E-state index in [2.05, 4.69) is 29.4 Å². The second-order valence-electron chi connectivity index (χ2n) is 9.10. The van der Waals surface area contributed by atoms with E-state index in [1.807, 2.05) is 18.2 Å². The van der Waals surface area contributed by atoms with Crippen LogP contribution in [-0.4, -0.2) is 55.8 Å². The predicted molar refractivity (Wildman–Crippen MR) is 124 cm³/mol. The van der Waals surface area contributed by atoms with E-state index in [0.29, 0.717) is 25.5 Å². The van der Waals surface area contributed by atoms with Crippen molar-refractivity contribution in [2.75, 3.05) is 33.3 Å². The molecule has 0 unspecified atom stereocenters. The van der Waals surface area contributed by atoms with Gasteiger partial charge in [0.15, 0.2) is 0 Å². The number of hydrogen-bond acceptors (Lipinski definition) is 6. The summed E-state index contributed by atoms with van der Waals surface area (Å²) in [7, 11) is 2.18. The summed E-state index contributed by atoms with van der Waals surface area (Å²) in [5.41, 5.74) is 1.68. The molecule has 1 atom stereocenters. The zero-order chi connectivity index (χ0) is 22.1. The number of rotatable bonds is 6. The molecule has 2 fully saturated rings. The van der Waals surface area contributed by atoms with Crippen molar-refractivity contribution in [3.63, 3.8) is 0 Å². The summed E-state index contributed by atoms with van der Waals surface area (Å²) in [4.78, 5) is 26.6. The normalized spacial score (nSPS) is 20.5. The fraction of sp³-hybridized carbons (Fsp3) is 0.462. The number of nitrogens with one attached hydrogen (secondary N) is 1. The number of Topliss-reactive ketones (excluding diaryl/α,β-unsaturated/α-hetero) is 2. The Morgan fingerprint density at radius 3 is 2.78 bits per heavy atom. The molecule has 1 N–H and O–H groups in total. The molecule has 2 aliphatic rings. The highest BCUT2D eigenvalue weighted by Crippen LogP contribution is 2.38. The number of carbonyl (C=O) groups is 2. The minimum absolute atomic E-state index is 0.00114. The number of ether oxygens (including phenoxy) is 1. The summed E-state index contributed by atoms with van der Waals surface area (Å²) in [6.45, 7) is 3.73.